The van der Waals surface area contributed by atoms with E-state index in [0.29, 0.717) is 0 Å². The van der Waals surface area contributed by atoms with Crippen LogP contribution in [0.3, 0.4) is 0 Å². The van der Waals surface area contributed by atoms with Crippen molar-refractivity contribution >= 4 is 0 Å². The van der Waals surface area contributed by atoms with E-state index in [0.717, 1.165) is 25.7 Å². The van der Waals surface area contributed by atoms with Gasteiger partial charge in [-0.2, -0.15) is 0 Å². The van der Waals surface area contributed by atoms with E-state index >= 15 is 0 Å². The minimum atomic E-state index is 0. The maximum absolute atomic E-state index is 5.11. The topological polar surface area (TPSA) is 21.3 Å². The molecule has 0 atom stereocenters. The van der Waals surface area contributed by atoms with Crippen molar-refractivity contribution in [3.63, 3.8) is 0 Å². The number of ether oxygens (including phenoxy) is 1. The normalized spacial score (nSPS) is 22.8. The highest BCUT2D eigenvalue weighted by Crippen LogP contribution is 2.15. The second kappa shape index (κ2) is 2.89. The van der Waals surface area contributed by atoms with Crippen LogP contribution in [0.1, 0.15) is 22.2 Å². The van der Waals surface area contributed by atoms with Gasteiger partial charge in [0, 0.05) is 1.43 Å². The minimum absolute atomic E-state index is 0. The lowest BCUT2D eigenvalue weighted by molar-refractivity contribution is -0.0649. The van der Waals surface area contributed by atoms with Gasteiger partial charge >= 0.3 is 0 Å². The average molecular weight is 145 g/mol. The van der Waals surface area contributed by atoms with Gasteiger partial charge in [-0.05, 0) is 19.4 Å². The van der Waals surface area contributed by atoms with Crippen molar-refractivity contribution in [1.29, 1.82) is 0 Å². The Morgan fingerprint density at radius 3 is 2.50 bits per heavy atom. The van der Waals surface area contributed by atoms with Crippen LogP contribution in [0.4, 0.5) is 0 Å². The molecule has 1 rings (SSSR count). The van der Waals surface area contributed by atoms with E-state index in [2.05, 4.69) is 26.1 Å². The molecule has 0 bridgehead atoms. The summed E-state index contributed by atoms with van der Waals surface area (Å²) in [5.41, 5.74) is 0.282. The second-order valence-corrected chi connectivity index (χ2v) is 3.83. The Morgan fingerprint density at radius 2 is 2.20 bits per heavy atom. The maximum atomic E-state index is 5.11. The fraction of sp³-hybridized carbons (Fsp3) is 1.00. The van der Waals surface area contributed by atoms with Gasteiger partial charge in [0.2, 0.25) is 0 Å². The van der Waals surface area contributed by atoms with Crippen LogP contribution in [0.15, 0.2) is 0 Å². The van der Waals surface area contributed by atoms with Gasteiger partial charge in [0.05, 0.1) is 18.8 Å². The minimum Gasteiger partial charge on any atom is -0.377 e. The van der Waals surface area contributed by atoms with Gasteiger partial charge in [0.25, 0.3) is 0 Å². The molecule has 2 nitrogen and oxygen atoms in total. The van der Waals surface area contributed by atoms with Crippen molar-refractivity contribution in [3.05, 3.63) is 0 Å². The first-order valence-electron chi connectivity index (χ1n) is 3.95. The van der Waals surface area contributed by atoms with E-state index in [1.54, 1.807) is 0 Å². The first-order chi connectivity index (χ1) is 4.62. The zero-order valence-electron chi connectivity index (χ0n) is 7.11. The molecule has 0 radical (unpaired) electrons. The van der Waals surface area contributed by atoms with Gasteiger partial charge < -0.3 is 10.1 Å². The Labute approximate surface area is 64.4 Å². The summed E-state index contributed by atoms with van der Waals surface area (Å²) in [5, 5.41) is 3.47. The molecule has 0 spiro atoms. The Morgan fingerprint density at radius 1 is 1.60 bits per heavy atom. The van der Waals surface area contributed by atoms with Crippen LogP contribution in [-0.4, -0.2) is 25.3 Å². The van der Waals surface area contributed by atoms with Crippen LogP contribution in [0.2, 0.25) is 0 Å². The molecule has 0 aliphatic carbocycles. The lowest BCUT2D eigenvalue weighted by Crippen LogP contribution is -2.58. The number of hydrogen-bond donors (Lipinski definition) is 1. The monoisotopic (exact) mass is 145 g/mol. The summed E-state index contributed by atoms with van der Waals surface area (Å²) in [6.45, 7) is 9.49. The van der Waals surface area contributed by atoms with E-state index in [-0.39, 0.29) is 6.97 Å². The molecule has 1 N–H and O–H groups in total. The van der Waals surface area contributed by atoms with Gasteiger partial charge in [-0.15, -0.1) is 0 Å². The zero-order valence-corrected chi connectivity index (χ0v) is 7.11. The first kappa shape index (κ1) is 8.02. The summed E-state index contributed by atoms with van der Waals surface area (Å²) >= 11 is 0. The highest BCUT2D eigenvalue weighted by molar-refractivity contribution is 4.89. The van der Waals surface area contributed by atoms with E-state index in [4.69, 9.17) is 4.74 Å². The van der Waals surface area contributed by atoms with Crippen molar-refractivity contribution in [1.82, 2.24) is 5.32 Å². The van der Waals surface area contributed by atoms with Gasteiger partial charge in [-0.3, -0.25) is 0 Å². The summed E-state index contributed by atoms with van der Waals surface area (Å²) in [4.78, 5) is 0. The Bertz CT molecular complexity index is 113. The molecule has 1 fully saturated rings. The summed E-state index contributed by atoms with van der Waals surface area (Å²) in [6.07, 6.45) is 0. The quantitative estimate of drug-likeness (QED) is 0.645. The molecule has 1 aliphatic heterocycles. The third-order valence-electron chi connectivity index (χ3n) is 1.78. The predicted molar refractivity (Wildman–Crippen MR) is 44.2 cm³/mol. The van der Waals surface area contributed by atoms with Crippen molar-refractivity contribution in [2.24, 2.45) is 5.92 Å². The number of rotatable bonds is 3. The highest BCUT2D eigenvalue weighted by atomic mass is 16.5. The molecule has 1 saturated heterocycles. The molecule has 0 amide bonds. The summed E-state index contributed by atoms with van der Waals surface area (Å²) in [6, 6.07) is 0. The van der Waals surface area contributed by atoms with Gasteiger partial charge in [0.15, 0.2) is 0 Å². The lowest BCUT2D eigenvalue weighted by atomic mass is 10.00. The van der Waals surface area contributed by atoms with E-state index in [1.807, 2.05) is 0 Å². The second-order valence-electron chi connectivity index (χ2n) is 3.83. The van der Waals surface area contributed by atoms with Crippen molar-refractivity contribution in [2.45, 2.75) is 26.3 Å². The lowest BCUT2D eigenvalue weighted by Gasteiger charge is -2.39. The third-order valence-corrected chi connectivity index (χ3v) is 1.78. The maximum Gasteiger partial charge on any atom is 0.0669 e. The Hall–Kier alpha value is -0.0800. The van der Waals surface area contributed by atoms with Gasteiger partial charge in [0.1, 0.15) is 0 Å². The summed E-state index contributed by atoms with van der Waals surface area (Å²) < 4.78 is 5.11. The smallest absolute Gasteiger partial charge is 0.0669 e. The van der Waals surface area contributed by atoms with Crippen LogP contribution in [0.25, 0.3) is 0 Å². The molecule has 0 aromatic heterocycles. The molecular weight excluding hydrogens is 126 g/mol. The standard InChI is InChI=1S/C8H17NO.H2/c1-7(2)4-9-8(3)5-10-6-8;/h7,9H,4-6H2,1-3H3;1H. The molecule has 0 unspecified atom stereocenters. The molecular formula is C8H19NO. The molecule has 10 heavy (non-hydrogen) atoms. The zero-order chi connectivity index (χ0) is 7.61. The Kier molecular flexibility index (Phi) is 2.32. The van der Waals surface area contributed by atoms with E-state index < -0.39 is 0 Å². The molecule has 2 heteroatoms. The molecule has 62 valence electrons. The Balaban J connectivity index is 0.000001000. The molecule has 0 aromatic rings. The van der Waals surface area contributed by atoms with E-state index in [1.165, 1.54) is 0 Å². The van der Waals surface area contributed by atoms with Crippen LogP contribution in [0.5, 0.6) is 0 Å². The van der Waals surface area contributed by atoms with Crippen molar-refractivity contribution < 1.29 is 6.16 Å². The van der Waals surface area contributed by atoms with Crippen LogP contribution < -0.4 is 5.32 Å². The molecule has 0 aromatic carbocycles. The number of nitrogens with one attached hydrogen (secondary N) is 1. The fourth-order valence-corrected chi connectivity index (χ4v) is 0.961. The average Bonchev–Trinajstić information content (AvgIpc) is 1.79. The molecule has 0 saturated carbocycles. The third kappa shape index (κ3) is 1.96. The first-order valence-corrected chi connectivity index (χ1v) is 3.95. The fourth-order valence-electron chi connectivity index (χ4n) is 0.961. The summed E-state index contributed by atoms with van der Waals surface area (Å²) in [7, 11) is 0. The molecule has 1 aliphatic rings. The van der Waals surface area contributed by atoms with Crippen LogP contribution in [0, 0.1) is 5.92 Å². The molecule has 1 heterocycles. The highest BCUT2D eigenvalue weighted by Gasteiger charge is 2.32. The number of hydrogen-bond acceptors (Lipinski definition) is 2. The summed E-state index contributed by atoms with van der Waals surface area (Å²) in [5.74, 6) is 0.734. The van der Waals surface area contributed by atoms with E-state index in [9.17, 15) is 0 Å². The van der Waals surface area contributed by atoms with Crippen LogP contribution in [-0.2, 0) is 4.74 Å². The van der Waals surface area contributed by atoms with Crippen molar-refractivity contribution in [2.75, 3.05) is 19.8 Å². The van der Waals surface area contributed by atoms with Gasteiger partial charge in [-0.1, -0.05) is 13.8 Å². The van der Waals surface area contributed by atoms with Gasteiger partial charge in [-0.25, -0.2) is 0 Å². The largest absolute Gasteiger partial charge is 0.377 e. The predicted octanol–water partition coefficient (Wildman–Crippen LogP) is 1.27. The van der Waals surface area contributed by atoms with Crippen molar-refractivity contribution in [3.8, 4) is 0 Å². The van der Waals surface area contributed by atoms with Crippen LogP contribution >= 0.6 is 0 Å². The SMILES string of the molecule is CC(C)CNC1(C)COC1.[HH].